The number of hydrogen-bond acceptors (Lipinski definition) is 5. The molecule has 0 radical (unpaired) electrons. The van der Waals surface area contributed by atoms with E-state index in [4.69, 9.17) is 15.6 Å². The number of alkyl halides is 3. The lowest BCUT2D eigenvalue weighted by molar-refractivity contribution is -0.192. The third-order valence-electron chi connectivity index (χ3n) is 6.47. The van der Waals surface area contributed by atoms with Crippen molar-refractivity contribution in [2.45, 2.75) is 58.2 Å². The molecule has 192 valence electrons. The summed E-state index contributed by atoms with van der Waals surface area (Å²) in [5, 5.41) is 10.9. The van der Waals surface area contributed by atoms with E-state index < -0.39 is 12.1 Å². The first-order valence-corrected chi connectivity index (χ1v) is 11.6. The molecule has 10 heteroatoms. The summed E-state index contributed by atoms with van der Waals surface area (Å²) in [5.41, 5.74) is 10.1. The zero-order valence-corrected chi connectivity index (χ0v) is 20.4. The van der Waals surface area contributed by atoms with E-state index in [0.29, 0.717) is 23.9 Å². The van der Waals surface area contributed by atoms with E-state index >= 15 is 0 Å². The first-order valence-electron chi connectivity index (χ1n) is 11.6. The van der Waals surface area contributed by atoms with Gasteiger partial charge in [0.05, 0.1) is 17.9 Å². The van der Waals surface area contributed by atoms with Gasteiger partial charge in [-0.2, -0.15) is 13.2 Å². The van der Waals surface area contributed by atoms with Crippen molar-refractivity contribution < 1.29 is 27.9 Å². The number of carbonyl (C=O) groups excluding carboxylic acids is 1. The lowest BCUT2D eigenvalue weighted by Crippen LogP contribution is -2.47. The monoisotopic (exact) mass is 486 g/mol. The number of allylic oxidation sites excluding steroid dienone is 3. The van der Waals surface area contributed by atoms with Gasteiger partial charge in [-0.1, -0.05) is 26.0 Å². The number of amides is 1. The van der Waals surface area contributed by atoms with Crippen LogP contribution in [0, 0.1) is 11.3 Å². The molecule has 0 spiro atoms. The van der Waals surface area contributed by atoms with Crippen LogP contribution in [0.25, 0.3) is 0 Å². The second-order valence-corrected chi connectivity index (χ2v) is 10.2. The van der Waals surface area contributed by atoms with E-state index in [0.717, 1.165) is 50.2 Å². The number of piperidine rings is 1. The minimum Gasteiger partial charge on any atom is -0.475 e. The van der Waals surface area contributed by atoms with Crippen molar-refractivity contribution in [3.63, 3.8) is 0 Å². The second-order valence-electron chi connectivity index (χ2n) is 10.2. The summed E-state index contributed by atoms with van der Waals surface area (Å²) in [7, 11) is 3.89. The van der Waals surface area contributed by atoms with Gasteiger partial charge in [0.25, 0.3) is 0 Å². The van der Waals surface area contributed by atoms with Crippen LogP contribution >= 0.6 is 0 Å². The average molecular weight is 487 g/mol. The van der Waals surface area contributed by atoms with Gasteiger partial charge in [0.15, 0.2) is 0 Å². The zero-order valence-electron chi connectivity index (χ0n) is 20.4. The summed E-state index contributed by atoms with van der Waals surface area (Å²) in [4.78, 5) is 25.1. The Labute approximate surface area is 199 Å². The van der Waals surface area contributed by atoms with Gasteiger partial charge < -0.3 is 26.0 Å². The Balaban J connectivity index is 0.000000509. The predicted molar refractivity (Wildman–Crippen MR) is 125 cm³/mol. The van der Waals surface area contributed by atoms with Crippen LogP contribution in [0.3, 0.4) is 0 Å². The van der Waals surface area contributed by atoms with Gasteiger partial charge in [-0.25, -0.2) is 4.79 Å². The van der Waals surface area contributed by atoms with Crippen molar-refractivity contribution >= 4 is 11.9 Å². The van der Waals surface area contributed by atoms with Crippen LogP contribution in [0.1, 0.15) is 46.0 Å². The maximum absolute atomic E-state index is 12.3. The molecule has 1 unspecified atom stereocenters. The maximum atomic E-state index is 12.3. The Hall–Kier alpha value is -2.49. The highest BCUT2D eigenvalue weighted by molar-refractivity contribution is 5.78. The molecule has 7 nitrogen and oxygen atoms in total. The van der Waals surface area contributed by atoms with Crippen LogP contribution < -0.4 is 11.1 Å². The van der Waals surface area contributed by atoms with Crippen molar-refractivity contribution in [2.24, 2.45) is 17.1 Å². The number of carboxylic acid groups (broad SMARTS) is 1. The number of carboxylic acids is 1. The highest BCUT2D eigenvalue weighted by Crippen LogP contribution is 2.37. The summed E-state index contributed by atoms with van der Waals surface area (Å²) in [5.74, 6) is -1.97. The van der Waals surface area contributed by atoms with Gasteiger partial charge in [0.2, 0.25) is 5.91 Å². The fraction of sp³-hybridized carbons (Fsp3) is 0.667. The van der Waals surface area contributed by atoms with Crippen LogP contribution in [-0.4, -0.2) is 72.7 Å². The van der Waals surface area contributed by atoms with E-state index in [1.54, 1.807) is 0 Å². The van der Waals surface area contributed by atoms with E-state index in [-0.39, 0.29) is 5.91 Å². The molecule has 3 aliphatic rings. The van der Waals surface area contributed by atoms with Gasteiger partial charge >= 0.3 is 12.1 Å². The van der Waals surface area contributed by atoms with Crippen molar-refractivity contribution in [3.05, 3.63) is 35.2 Å². The highest BCUT2D eigenvalue weighted by atomic mass is 19.4. The molecule has 1 amide bonds. The highest BCUT2D eigenvalue weighted by Gasteiger charge is 2.38. The molecule has 1 fully saturated rings. The predicted octanol–water partition coefficient (Wildman–Crippen LogP) is 3.25. The molecular formula is C24H37F3N4O3. The van der Waals surface area contributed by atoms with Crippen LogP contribution in [0.4, 0.5) is 13.2 Å². The molecule has 0 aromatic rings. The molecule has 34 heavy (non-hydrogen) atoms. The van der Waals surface area contributed by atoms with Crippen molar-refractivity contribution in [3.8, 4) is 0 Å². The Kier molecular flexibility index (Phi) is 9.22. The van der Waals surface area contributed by atoms with E-state index in [1.165, 1.54) is 12.0 Å². The van der Waals surface area contributed by atoms with E-state index in [1.807, 2.05) is 23.9 Å². The molecule has 0 bridgehead atoms. The fourth-order valence-corrected chi connectivity index (χ4v) is 4.32. The van der Waals surface area contributed by atoms with Crippen LogP contribution in [-0.2, 0) is 9.59 Å². The van der Waals surface area contributed by atoms with Crippen molar-refractivity contribution in [1.29, 1.82) is 0 Å². The number of likely N-dealkylation sites (N-methyl/N-ethyl adjacent to an activating group) is 1. The molecule has 0 aromatic carbocycles. The average Bonchev–Trinajstić information content (AvgIpc) is 2.74. The number of hydrogen-bond donors (Lipinski definition) is 3. The van der Waals surface area contributed by atoms with Crippen LogP contribution in [0.2, 0.25) is 0 Å². The molecule has 2 heterocycles. The standard InChI is InChI=1S/C22H36N4O.C2HF3O2/c1-22(2)11-7-17(8-12-22)21-18(23)5-6-19(24-21)16-9-13-26(14-10-16)20(27)15-25(3)4;3-2(4,5)1(6)7/h5-7,16,19,24H,8-15,23H2,1-4H3;(H,6,7). The molecule has 1 aliphatic carbocycles. The summed E-state index contributed by atoms with van der Waals surface area (Å²) >= 11 is 0. The van der Waals surface area contributed by atoms with Crippen molar-refractivity contribution in [2.75, 3.05) is 33.7 Å². The number of nitrogens with zero attached hydrogens (tertiary/aromatic N) is 2. The summed E-state index contributed by atoms with van der Waals surface area (Å²) < 4.78 is 31.7. The third kappa shape index (κ3) is 8.07. The number of aliphatic carboxylic acids is 1. The Morgan fingerprint density at radius 2 is 1.85 bits per heavy atom. The SMILES string of the molecule is CN(C)CC(=O)N1CCC(C2C=CC(N)=C(C3=CCC(C)(C)CC3)N2)CC1.O=C(O)C(F)(F)F. The summed E-state index contributed by atoms with van der Waals surface area (Å²) in [6, 6.07) is 0.314. The van der Waals surface area contributed by atoms with Crippen LogP contribution in [0.5, 0.6) is 0 Å². The maximum Gasteiger partial charge on any atom is 0.490 e. The third-order valence-corrected chi connectivity index (χ3v) is 6.47. The van der Waals surface area contributed by atoms with Gasteiger partial charge in [-0.3, -0.25) is 4.79 Å². The number of rotatable bonds is 4. The number of dihydropyridines is 1. The summed E-state index contributed by atoms with van der Waals surface area (Å²) in [6.45, 7) is 6.88. The van der Waals surface area contributed by atoms with Gasteiger partial charge in [0, 0.05) is 19.1 Å². The molecule has 3 rings (SSSR count). The molecule has 0 aromatic heterocycles. The Morgan fingerprint density at radius 1 is 1.26 bits per heavy atom. The number of nitrogens with one attached hydrogen (secondary N) is 1. The molecular weight excluding hydrogens is 449 g/mol. The quantitative estimate of drug-likeness (QED) is 0.564. The van der Waals surface area contributed by atoms with Gasteiger partial charge in [-0.15, -0.1) is 0 Å². The zero-order chi connectivity index (χ0) is 25.7. The van der Waals surface area contributed by atoms with E-state index in [2.05, 4.69) is 37.4 Å². The lowest BCUT2D eigenvalue weighted by atomic mass is 9.77. The lowest BCUT2D eigenvalue weighted by Gasteiger charge is -2.38. The molecule has 4 N–H and O–H groups in total. The number of halogens is 3. The van der Waals surface area contributed by atoms with Gasteiger partial charge in [0.1, 0.15) is 0 Å². The molecule has 2 aliphatic heterocycles. The van der Waals surface area contributed by atoms with Crippen molar-refractivity contribution in [1.82, 2.24) is 15.1 Å². The molecule has 1 atom stereocenters. The fourth-order valence-electron chi connectivity index (χ4n) is 4.32. The first-order chi connectivity index (χ1) is 15.7. The minimum absolute atomic E-state index is 0.241. The molecule has 1 saturated heterocycles. The summed E-state index contributed by atoms with van der Waals surface area (Å²) in [6.07, 6.45) is 7.08. The number of carbonyl (C=O) groups is 2. The first kappa shape index (κ1) is 27.8. The van der Waals surface area contributed by atoms with E-state index in [9.17, 15) is 18.0 Å². The Bertz CT molecular complexity index is 839. The second kappa shape index (κ2) is 11.3. The number of likely N-dealkylation sites (tertiary alicyclic amines) is 1. The smallest absolute Gasteiger partial charge is 0.475 e. The minimum atomic E-state index is -5.08. The van der Waals surface area contributed by atoms with Gasteiger partial charge in [-0.05, 0) is 69.2 Å². The number of nitrogens with two attached hydrogens (primary N) is 1. The largest absolute Gasteiger partial charge is 0.490 e. The normalized spacial score (nSPS) is 23.1. The topological polar surface area (TPSA) is 98.9 Å². The molecule has 0 saturated carbocycles. The Morgan fingerprint density at radius 3 is 2.32 bits per heavy atom. The van der Waals surface area contributed by atoms with Crippen LogP contribution in [0.15, 0.2) is 35.2 Å².